The number of ether oxygens (including phenoxy) is 1. The summed E-state index contributed by atoms with van der Waals surface area (Å²) in [6, 6.07) is 15.8. The van der Waals surface area contributed by atoms with E-state index in [2.05, 4.69) is 15.5 Å². The quantitative estimate of drug-likeness (QED) is 0.142. The highest BCUT2D eigenvalue weighted by Crippen LogP contribution is 2.41. The van der Waals surface area contributed by atoms with E-state index in [4.69, 9.17) is 27.9 Å². The zero-order valence-electron chi connectivity index (χ0n) is 20.8. The molecule has 0 saturated carbocycles. The lowest BCUT2D eigenvalue weighted by Crippen LogP contribution is -2.12. The largest absolute Gasteiger partial charge is 0.505 e. The molecule has 4 rings (SSSR count). The minimum Gasteiger partial charge on any atom is -0.505 e. The van der Waals surface area contributed by atoms with E-state index in [1.807, 2.05) is 6.92 Å². The molecular weight excluding hydrogens is 565 g/mol. The van der Waals surface area contributed by atoms with Crippen molar-refractivity contribution in [3.8, 4) is 11.5 Å². The number of phenols is 1. The van der Waals surface area contributed by atoms with Crippen molar-refractivity contribution in [3.63, 3.8) is 0 Å². The van der Waals surface area contributed by atoms with E-state index in [-0.39, 0.29) is 43.9 Å². The number of amides is 1. The van der Waals surface area contributed by atoms with Crippen LogP contribution < -0.4 is 10.1 Å². The van der Waals surface area contributed by atoms with Gasteiger partial charge >= 0.3 is 0 Å². The summed E-state index contributed by atoms with van der Waals surface area (Å²) in [5.41, 5.74) is 0.642. The molecule has 4 aromatic carbocycles. The smallest absolute Gasteiger partial charge is 0.294 e. The molecule has 0 atom stereocenters. The maximum atomic E-state index is 13.2. The lowest BCUT2D eigenvalue weighted by molar-refractivity contribution is 0.102. The number of carbonyl (C=O) groups excluding carboxylic acids is 1. The number of aromatic hydroxyl groups is 1. The molecule has 4 aromatic rings. The normalized spacial score (nSPS) is 11.7. The Kier molecular flexibility index (Phi) is 8.41. The van der Waals surface area contributed by atoms with Gasteiger partial charge in [0.05, 0.1) is 32.8 Å². The molecule has 12 heteroatoms. The molecule has 0 radical (unpaired) electrons. The van der Waals surface area contributed by atoms with Gasteiger partial charge in [-0.05, 0) is 54.6 Å². The summed E-state index contributed by atoms with van der Waals surface area (Å²) in [6.45, 7) is 4.00. The van der Waals surface area contributed by atoms with Crippen molar-refractivity contribution in [2.45, 2.75) is 25.2 Å². The highest BCUT2D eigenvalue weighted by molar-refractivity contribution is 7.85. The van der Waals surface area contributed by atoms with E-state index in [0.29, 0.717) is 28.8 Å². The topological polar surface area (TPSA) is 138 Å². The maximum absolute atomic E-state index is 13.2. The molecule has 0 aliphatic rings. The maximum Gasteiger partial charge on any atom is 0.294 e. The Balaban J connectivity index is 1.76. The van der Waals surface area contributed by atoms with Crippen LogP contribution in [0.1, 0.15) is 29.8 Å². The Morgan fingerprint density at radius 3 is 2.41 bits per heavy atom. The van der Waals surface area contributed by atoms with Gasteiger partial charge in [0.15, 0.2) is 5.75 Å². The summed E-state index contributed by atoms with van der Waals surface area (Å²) >= 11 is 12.5. The van der Waals surface area contributed by atoms with Crippen molar-refractivity contribution in [3.05, 3.63) is 81.8 Å². The summed E-state index contributed by atoms with van der Waals surface area (Å²) in [4.78, 5) is 12.9. The Bertz CT molecular complexity index is 1720. The van der Waals surface area contributed by atoms with Crippen molar-refractivity contribution in [1.82, 2.24) is 0 Å². The minimum absolute atomic E-state index is 0.00371. The second-order valence-corrected chi connectivity index (χ2v) is 10.5. The number of nitrogens with one attached hydrogen (secondary N) is 1. The van der Waals surface area contributed by atoms with Crippen molar-refractivity contribution >= 4 is 67.1 Å². The van der Waals surface area contributed by atoms with Gasteiger partial charge in [0.25, 0.3) is 16.0 Å². The molecule has 3 N–H and O–H groups in total. The second-order valence-electron chi connectivity index (χ2n) is 8.31. The first kappa shape index (κ1) is 28.3. The lowest BCUT2D eigenvalue weighted by atomic mass is 10.0. The van der Waals surface area contributed by atoms with E-state index in [1.165, 1.54) is 12.1 Å². The van der Waals surface area contributed by atoms with Gasteiger partial charge in [-0.1, -0.05) is 54.4 Å². The summed E-state index contributed by atoms with van der Waals surface area (Å²) in [5, 5.41) is 23.4. The number of anilines is 1. The van der Waals surface area contributed by atoms with Crippen molar-refractivity contribution < 1.29 is 27.6 Å². The van der Waals surface area contributed by atoms with Crippen LogP contribution >= 0.6 is 23.2 Å². The standard InChI is InChI=1S/C27H23Cl2N3O6S/c1-3-15-12-23(21(29)14-24(15)39(35,36)37)31-32-25-18-8-6-5-7-16(18)11-19(26(25)33)27(34)30-22-10-9-17(38-4-2)13-20(22)28/h5-14,33H,3-4H2,1-2H3,(H,30,34)(H,35,36,37). The lowest BCUT2D eigenvalue weighted by Gasteiger charge is -2.13. The highest BCUT2D eigenvalue weighted by Gasteiger charge is 2.21. The van der Waals surface area contributed by atoms with Crippen molar-refractivity contribution in [2.75, 3.05) is 11.9 Å². The summed E-state index contributed by atoms with van der Waals surface area (Å²) < 4.78 is 38.3. The molecule has 39 heavy (non-hydrogen) atoms. The molecule has 0 saturated heterocycles. The molecule has 0 aliphatic carbocycles. The van der Waals surface area contributed by atoms with Crippen LogP contribution in [0.15, 0.2) is 75.8 Å². The first-order chi connectivity index (χ1) is 18.5. The monoisotopic (exact) mass is 587 g/mol. The second kappa shape index (κ2) is 11.6. The van der Waals surface area contributed by atoms with E-state index in [0.717, 1.165) is 6.07 Å². The average molecular weight is 588 g/mol. The Hall–Kier alpha value is -3.70. The third-order valence-electron chi connectivity index (χ3n) is 5.79. The van der Waals surface area contributed by atoms with Crippen molar-refractivity contribution in [1.29, 1.82) is 0 Å². The zero-order valence-corrected chi connectivity index (χ0v) is 23.1. The Labute approximate surface area is 234 Å². The molecule has 1 amide bonds. The Morgan fingerprint density at radius 2 is 1.74 bits per heavy atom. The van der Waals surface area contributed by atoms with Gasteiger partial charge in [0.1, 0.15) is 17.1 Å². The van der Waals surface area contributed by atoms with Crippen LogP contribution in [0.3, 0.4) is 0 Å². The predicted octanol–water partition coefficient (Wildman–Crippen LogP) is 7.73. The Morgan fingerprint density at radius 1 is 1.00 bits per heavy atom. The first-order valence-corrected chi connectivity index (χ1v) is 13.9. The number of phenolic OH excluding ortho intramolecular Hbond substituents is 1. The fourth-order valence-electron chi connectivity index (χ4n) is 3.92. The fourth-order valence-corrected chi connectivity index (χ4v) is 5.20. The highest BCUT2D eigenvalue weighted by atomic mass is 35.5. The number of benzene rings is 4. The number of nitrogens with zero attached hydrogens (tertiary/aromatic N) is 2. The molecule has 0 bridgehead atoms. The third kappa shape index (κ3) is 6.15. The number of hydrogen-bond acceptors (Lipinski definition) is 7. The third-order valence-corrected chi connectivity index (χ3v) is 7.34. The van der Waals surface area contributed by atoms with Gasteiger partial charge in [-0.25, -0.2) is 0 Å². The molecular formula is C27H23Cl2N3O6S. The molecule has 0 aromatic heterocycles. The number of carbonyl (C=O) groups is 1. The predicted molar refractivity (Wildman–Crippen MR) is 151 cm³/mol. The van der Waals surface area contributed by atoms with E-state index in [9.17, 15) is 22.9 Å². The van der Waals surface area contributed by atoms with E-state index in [1.54, 1.807) is 49.4 Å². The van der Waals surface area contributed by atoms with Crippen LogP contribution in [0.2, 0.25) is 10.0 Å². The molecule has 0 fully saturated rings. The fraction of sp³-hybridized carbons (Fsp3) is 0.148. The van der Waals surface area contributed by atoms with Crippen molar-refractivity contribution in [2.24, 2.45) is 10.2 Å². The van der Waals surface area contributed by atoms with Crippen LogP contribution in [-0.4, -0.2) is 30.6 Å². The molecule has 202 valence electrons. The number of aryl methyl sites for hydroxylation is 1. The molecule has 0 spiro atoms. The number of fused-ring (bicyclic) bond motifs is 1. The van der Waals surface area contributed by atoms with Gasteiger partial charge in [-0.3, -0.25) is 9.35 Å². The van der Waals surface area contributed by atoms with Gasteiger partial charge in [0, 0.05) is 11.5 Å². The van der Waals surface area contributed by atoms with Crippen LogP contribution in [0.25, 0.3) is 10.8 Å². The first-order valence-electron chi connectivity index (χ1n) is 11.7. The van der Waals surface area contributed by atoms with Crippen LogP contribution in [-0.2, 0) is 16.5 Å². The van der Waals surface area contributed by atoms with Gasteiger partial charge in [-0.15, -0.1) is 10.2 Å². The van der Waals surface area contributed by atoms with Crippen LogP contribution in [0.4, 0.5) is 17.1 Å². The molecule has 0 unspecified atom stereocenters. The average Bonchev–Trinajstić information content (AvgIpc) is 2.89. The number of halogens is 2. The van der Waals surface area contributed by atoms with Gasteiger partial charge in [-0.2, -0.15) is 8.42 Å². The van der Waals surface area contributed by atoms with Crippen LogP contribution in [0.5, 0.6) is 11.5 Å². The molecule has 0 heterocycles. The van der Waals surface area contributed by atoms with E-state index < -0.39 is 21.8 Å². The van der Waals surface area contributed by atoms with Gasteiger partial charge in [0.2, 0.25) is 0 Å². The summed E-state index contributed by atoms with van der Waals surface area (Å²) in [6.07, 6.45) is 0.271. The zero-order chi connectivity index (χ0) is 28.3. The number of hydrogen-bond donors (Lipinski definition) is 3. The van der Waals surface area contributed by atoms with Gasteiger partial charge < -0.3 is 15.2 Å². The summed E-state index contributed by atoms with van der Waals surface area (Å²) in [5.74, 6) is -0.519. The SMILES string of the molecule is CCOc1ccc(NC(=O)c2cc3ccccc3c(N=Nc3cc(CC)c(S(=O)(=O)O)cc3Cl)c2O)c(Cl)c1. The molecule has 9 nitrogen and oxygen atoms in total. The minimum atomic E-state index is -4.49. The van der Waals surface area contributed by atoms with Crippen LogP contribution in [0, 0.1) is 0 Å². The molecule has 0 aliphatic heterocycles. The van der Waals surface area contributed by atoms with E-state index >= 15 is 0 Å². The number of rotatable bonds is 8. The summed E-state index contributed by atoms with van der Waals surface area (Å²) in [7, 11) is -4.49. The number of azo groups is 1.